The molecule has 0 aliphatic carbocycles. The lowest BCUT2D eigenvalue weighted by Gasteiger charge is -2.25. The molecule has 3 rings (SSSR count). The van der Waals surface area contributed by atoms with Crippen LogP contribution in [0.2, 0.25) is 0 Å². The van der Waals surface area contributed by atoms with Gasteiger partial charge >= 0.3 is 5.97 Å². The third-order valence-corrected chi connectivity index (χ3v) is 4.36. The molecule has 5 nitrogen and oxygen atoms in total. The van der Waals surface area contributed by atoms with Crippen molar-refractivity contribution < 1.29 is 9.90 Å². The zero-order valence-corrected chi connectivity index (χ0v) is 15.2. The normalized spacial score (nSPS) is 13.0. The predicted octanol–water partition coefficient (Wildman–Crippen LogP) is 3.76. The fourth-order valence-electron chi connectivity index (χ4n) is 2.88. The van der Waals surface area contributed by atoms with Gasteiger partial charge in [-0.25, -0.2) is 0 Å². The number of nitrogens with two attached hydrogens (primary N) is 1. The van der Waals surface area contributed by atoms with Gasteiger partial charge in [0.15, 0.2) is 0 Å². The summed E-state index contributed by atoms with van der Waals surface area (Å²) in [5.74, 6) is -1.04. The van der Waals surface area contributed by atoms with Crippen LogP contribution in [0, 0.1) is 0 Å². The van der Waals surface area contributed by atoms with Crippen molar-refractivity contribution in [3.8, 4) is 0 Å². The van der Waals surface area contributed by atoms with Gasteiger partial charge in [0.25, 0.3) is 0 Å². The Labute approximate surface area is 159 Å². The number of benzene rings is 2. The molecule has 0 saturated heterocycles. The van der Waals surface area contributed by atoms with Crippen molar-refractivity contribution >= 4 is 17.3 Å². The molecule has 3 N–H and O–H groups in total. The summed E-state index contributed by atoms with van der Waals surface area (Å²) in [7, 11) is 0. The van der Waals surface area contributed by atoms with E-state index in [-0.39, 0.29) is 6.42 Å². The Morgan fingerprint density at radius 1 is 0.926 bits per heavy atom. The van der Waals surface area contributed by atoms with Gasteiger partial charge in [-0.05, 0) is 43.3 Å². The van der Waals surface area contributed by atoms with Crippen LogP contribution in [0.25, 0.3) is 0 Å². The first-order valence-corrected chi connectivity index (χ1v) is 8.80. The van der Waals surface area contributed by atoms with Crippen molar-refractivity contribution in [3.63, 3.8) is 0 Å². The van der Waals surface area contributed by atoms with Gasteiger partial charge in [0.05, 0.1) is 12.2 Å². The first-order chi connectivity index (χ1) is 13.0. The van der Waals surface area contributed by atoms with E-state index in [0.717, 1.165) is 17.1 Å². The minimum atomic E-state index is -1.34. The Kier molecular flexibility index (Phi) is 5.52. The largest absolute Gasteiger partial charge is 0.480 e. The molecule has 1 aromatic heterocycles. The van der Waals surface area contributed by atoms with Crippen molar-refractivity contribution in [2.75, 3.05) is 4.90 Å². The molecule has 27 heavy (non-hydrogen) atoms. The number of para-hydroxylation sites is 2. The van der Waals surface area contributed by atoms with Crippen LogP contribution >= 0.6 is 0 Å². The molecular formula is C22H23N3O2. The number of hydrogen-bond donors (Lipinski definition) is 2. The molecule has 1 atom stereocenters. The van der Waals surface area contributed by atoms with Crippen molar-refractivity contribution in [1.29, 1.82) is 0 Å². The summed E-state index contributed by atoms with van der Waals surface area (Å²) in [4.78, 5) is 18.1. The maximum absolute atomic E-state index is 11.3. The van der Waals surface area contributed by atoms with E-state index < -0.39 is 11.5 Å². The van der Waals surface area contributed by atoms with Gasteiger partial charge < -0.3 is 15.7 Å². The van der Waals surface area contributed by atoms with Crippen molar-refractivity contribution in [1.82, 2.24) is 4.98 Å². The molecule has 0 aliphatic rings. The first kappa shape index (κ1) is 18.6. The molecule has 5 heteroatoms. The van der Waals surface area contributed by atoms with Crippen molar-refractivity contribution in [2.45, 2.75) is 25.4 Å². The van der Waals surface area contributed by atoms with Crippen LogP contribution in [0.3, 0.4) is 0 Å². The summed E-state index contributed by atoms with van der Waals surface area (Å²) in [5.41, 5.74) is 8.17. The molecule has 3 aromatic rings. The second-order valence-electron chi connectivity index (χ2n) is 6.78. The summed E-state index contributed by atoms with van der Waals surface area (Å²) < 4.78 is 0. The summed E-state index contributed by atoms with van der Waals surface area (Å²) in [6.45, 7) is 2.07. The Hall–Kier alpha value is -3.18. The monoisotopic (exact) mass is 361 g/mol. The number of rotatable bonds is 7. The highest BCUT2D eigenvalue weighted by Gasteiger charge is 2.28. The third kappa shape index (κ3) is 4.71. The molecule has 1 heterocycles. The van der Waals surface area contributed by atoms with Crippen LogP contribution in [0.4, 0.5) is 11.4 Å². The number of aliphatic carboxylic acids is 1. The fourth-order valence-corrected chi connectivity index (χ4v) is 2.88. The highest BCUT2D eigenvalue weighted by molar-refractivity contribution is 5.78. The minimum absolute atomic E-state index is 0.173. The van der Waals surface area contributed by atoms with Crippen molar-refractivity contribution in [2.24, 2.45) is 5.73 Å². The standard InChI is InChI=1S/C22H23N3O2/c1-22(23,21(26)27)15-17-9-8-10-18(24-17)16-25(19-11-4-2-5-12-19)20-13-6-3-7-14-20/h2-14H,15-16,23H2,1H3,(H,26,27)/t22-/m1/s1. The van der Waals surface area contributed by atoms with E-state index in [4.69, 9.17) is 5.73 Å². The maximum Gasteiger partial charge on any atom is 0.323 e. The average molecular weight is 361 g/mol. The van der Waals surface area contributed by atoms with Gasteiger partial charge in [0.1, 0.15) is 5.54 Å². The van der Waals surface area contributed by atoms with Crippen LogP contribution in [-0.4, -0.2) is 21.6 Å². The van der Waals surface area contributed by atoms with E-state index in [1.165, 1.54) is 6.92 Å². The summed E-state index contributed by atoms with van der Waals surface area (Å²) in [6, 6.07) is 25.8. The smallest absolute Gasteiger partial charge is 0.323 e. The molecule has 138 valence electrons. The number of pyridine rings is 1. The van der Waals surface area contributed by atoms with Gasteiger partial charge in [0, 0.05) is 23.5 Å². The highest BCUT2D eigenvalue weighted by Crippen LogP contribution is 2.26. The average Bonchev–Trinajstić information content (AvgIpc) is 2.67. The molecule has 0 saturated carbocycles. The van der Waals surface area contributed by atoms with E-state index in [9.17, 15) is 9.90 Å². The number of hydrogen-bond acceptors (Lipinski definition) is 4. The Morgan fingerprint density at radius 3 is 1.96 bits per heavy atom. The molecule has 0 fully saturated rings. The molecule has 0 bridgehead atoms. The second kappa shape index (κ2) is 8.01. The molecule has 0 aliphatic heterocycles. The SMILES string of the molecule is C[C@@](N)(Cc1cccc(CN(c2ccccc2)c2ccccc2)n1)C(=O)O. The van der Waals surface area contributed by atoms with Gasteiger partial charge in [-0.1, -0.05) is 42.5 Å². The van der Waals surface area contributed by atoms with E-state index >= 15 is 0 Å². The van der Waals surface area contributed by atoms with Crippen LogP contribution in [-0.2, 0) is 17.8 Å². The maximum atomic E-state index is 11.3. The summed E-state index contributed by atoms with van der Waals surface area (Å²) >= 11 is 0. The number of carboxylic acid groups (broad SMARTS) is 1. The predicted molar refractivity (Wildman–Crippen MR) is 107 cm³/mol. The Bertz CT molecular complexity index is 856. The van der Waals surface area contributed by atoms with Crippen molar-refractivity contribution in [3.05, 3.63) is 90.3 Å². The topological polar surface area (TPSA) is 79.5 Å². The molecule has 2 aromatic carbocycles. The second-order valence-corrected chi connectivity index (χ2v) is 6.78. The minimum Gasteiger partial charge on any atom is -0.480 e. The van der Waals surface area contributed by atoms with E-state index in [1.54, 1.807) is 0 Å². The number of anilines is 2. The Balaban J connectivity index is 1.89. The number of carbonyl (C=O) groups is 1. The zero-order chi connectivity index (χ0) is 19.3. The van der Waals surface area contributed by atoms with Gasteiger partial charge in [-0.15, -0.1) is 0 Å². The fraction of sp³-hybridized carbons (Fsp3) is 0.182. The molecule has 0 unspecified atom stereocenters. The number of carboxylic acids is 1. The van der Waals surface area contributed by atoms with E-state index in [0.29, 0.717) is 12.2 Å². The quantitative estimate of drug-likeness (QED) is 0.670. The van der Waals surface area contributed by atoms with Gasteiger partial charge in [0.2, 0.25) is 0 Å². The molecule has 0 amide bonds. The van der Waals surface area contributed by atoms with Gasteiger partial charge in [-0.2, -0.15) is 0 Å². The lowest BCUT2D eigenvalue weighted by atomic mass is 9.97. The zero-order valence-electron chi connectivity index (χ0n) is 15.2. The van der Waals surface area contributed by atoms with E-state index in [2.05, 4.69) is 34.1 Å². The highest BCUT2D eigenvalue weighted by atomic mass is 16.4. The van der Waals surface area contributed by atoms with Crippen LogP contribution in [0.5, 0.6) is 0 Å². The van der Waals surface area contributed by atoms with Crippen LogP contribution in [0.1, 0.15) is 18.3 Å². The van der Waals surface area contributed by atoms with E-state index in [1.807, 2.05) is 54.6 Å². The number of nitrogens with zero attached hydrogens (tertiary/aromatic N) is 2. The summed E-state index contributed by atoms with van der Waals surface area (Å²) in [5, 5.41) is 9.25. The third-order valence-electron chi connectivity index (χ3n) is 4.36. The molecule has 0 radical (unpaired) electrons. The molecule has 0 spiro atoms. The lowest BCUT2D eigenvalue weighted by Crippen LogP contribution is -2.47. The summed E-state index contributed by atoms with van der Waals surface area (Å²) in [6.07, 6.45) is 0.173. The Morgan fingerprint density at radius 2 is 1.44 bits per heavy atom. The lowest BCUT2D eigenvalue weighted by molar-refractivity contribution is -0.142. The molecular weight excluding hydrogens is 338 g/mol. The van der Waals surface area contributed by atoms with Gasteiger partial charge in [-0.3, -0.25) is 9.78 Å². The van der Waals surface area contributed by atoms with Crippen LogP contribution in [0.15, 0.2) is 78.9 Å². The number of aromatic nitrogens is 1. The first-order valence-electron chi connectivity index (χ1n) is 8.80. The van der Waals surface area contributed by atoms with Crippen LogP contribution < -0.4 is 10.6 Å².